The van der Waals surface area contributed by atoms with E-state index in [1.54, 1.807) is 18.2 Å². The number of nitrogens with one attached hydrogen (secondary N) is 1. The zero-order chi connectivity index (χ0) is 12.6. The van der Waals surface area contributed by atoms with Gasteiger partial charge in [0.05, 0.1) is 5.02 Å². The lowest BCUT2D eigenvalue weighted by molar-refractivity contribution is 0.448. The Morgan fingerprint density at radius 3 is 2.65 bits per heavy atom. The Morgan fingerprint density at radius 1 is 1.35 bits per heavy atom. The molecule has 2 N–H and O–H groups in total. The van der Waals surface area contributed by atoms with Gasteiger partial charge < -0.3 is 10.1 Å². The van der Waals surface area contributed by atoms with Crippen molar-refractivity contribution in [1.82, 2.24) is 9.97 Å². The van der Waals surface area contributed by atoms with Crippen LogP contribution in [-0.2, 0) is 0 Å². The molecule has 1 aromatic carbocycles. The summed E-state index contributed by atoms with van der Waals surface area (Å²) in [6.07, 6.45) is 0. The van der Waals surface area contributed by atoms with E-state index in [0.29, 0.717) is 10.6 Å². The molecule has 0 unspecified atom stereocenters. The van der Waals surface area contributed by atoms with E-state index >= 15 is 0 Å². The monoisotopic (exact) mass is 378 g/mol. The van der Waals surface area contributed by atoms with Crippen LogP contribution in [0.4, 0.5) is 0 Å². The van der Waals surface area contributed by atoms with Crippen LogP contribution < -0.4 is 5.56 Å². The lowest BCUT2D eigenvalue weighted by atomic mass is 10.2. The first kappa shape index (κ1) is 12.6. The number of hydrogen-bond donors (Lipinski definition) is 2. The molecule has 0 radical (unpaired) electrons. The van der Waals surface area contributed by atoms with E-state index in [9.17, 15) is 9.90 Å². The molecule has 88 valence electrons. The van der Waals surface area contributed by atoms with Gasteiger partial charge in [-0.25, -0.2) is 0 Å². The second-order valence-electron chi connectivity index (χ2n) is 3.18. The highest BCUT2D eigenvalue weighted by atomic mass is 79.9. The summed E-state index contributed by atoms with van der Waals surface area (Å²) < 4.78 is 0.810. The van der Waals surface area contributed by atoms with Crippen LogP contribution in [0.3, 0.4) is 0 Å². The molecule has 7 heteroatoms. The highest BCUT2D eigenvalue weighted by Gasteiger charge is 2.11. The highest BCUT2D eigenvalue weighted by molar-refractivity contribution is 9.10. The lowest BCUT2D eigenvalue weighted by Crippen LogP contribution is -2.09. The summed E-state index contributed by atoms with van der Waals surface area (Å²) >= 11 is 12.2. The first-order valence-corrected chi connectivity index (χ1v) is 6.39. The fraction of sp³-hybridized carbons (Fsp3) is 0. The Kier molecular flexibility index (Phi) is 3.56. The largest absolute Gasteiger partial charge is 0.492 e. The second-order valence-corrected chi connectivity index (χ2v) is 5.29. The van der Waals surface area contributed by atoms with Crippen molar-refractivity contribution in [3.05, 3.63) is 42.5 Å². The van der Waals surface area contributed by atoms with Gasteiger partial charge in [-0.3, -0.25) is 4.79 Å². The molecule has 17 heavy (non-hydrogen) atoms. The minimum atomic E-state index is -0.466. The van der Waals surface area contributed by atoms with Gasteiger partial charge in [-0.05, 0) is 34.1 Å². The Hall–Kier alpha value is -0.850. The van der Waals surface area contributed by atoms with Crippen molar-refractivity contribution in [3.63, 3.8) is 0 Å². The van der Waals surface area contributed by atoms with Crippen LogP contribution in [0, 0.1) is 0 Å². The van der Waals surface area contributed by atoms with E-state index in [4.69, 9.17) is 11.6 Å². The maximum Gasteiger partial charge on any atom is 0.269 e. The summed E-state index contributed by atoms with van der Waals surface area (Å²) in [5, 5.41) is 9.88. The van der Waals surface area contributed by atoms with E-state index in [-0.39, 0.29) is 16.2 Å². The van der Waals surface area contributed by atoms with E-state index < -0.39 is 5.56 Å². The number of halogens is 3. The summed E-state index contributed by atoms with van der Waals surface area (Å²) in [4.78, 5) is 17.8. The van der Waals surface area contributed by atoms with E-state index in [0.717, 1.165) is 4.47 Å². The second kappa shape index (κ2) is 4.80. The van der Waals surface area contributed by atoms with Crippen LogP contribution in [0.1, 0.15) is 0 Å². The lowest BCUT2D eigenvalue weighted by Gasteiger charge is -2.05. The molecule has 0 saturated heterocycles. The van der Waals surface area contributed by atoms with Crippen LogP contribution >= 0.6 is 43.5 Å². The maximum atomic E-state index is 11.5. The number of H-pyrrole nitrogens is 1. The Balaban J connectivity index is 2.65. The molecule has 2 aromatic rings. The van der Waals surface area contributed by atoms with Gasteiger partial charge in [-0.1, -0.05) is 27.5 Å². The van der Waals surface area contributed by atoms with Gasteiger partial charge in [0.25, 0.3) is 5.56 Å². The molecule has 1 heterocycles. The van der Waals surface area contributed by atoms with E-state index in [1.165, 1.54) is 0 Å². The topological polar surface area (TPSA) is 66.0 Å². The molecule has 0 atom stereocenters. The summed E-state index contributed by atoms with van der Waals surface area (Å²) in [7, 11) is 0. The first-order valence-electron chi connectivity index (χ1n) is 4.43. The van der Waals surface area contributed by atoms with E-state index in [1.807, 2.05) is 0 Å². The van der Waals surface area contributed by atoms with Crippen molar-refractivity contribution in [3.8, 4) is 17.3 Å². The van der Waals surface area contributed by atoms with Crippen molar-refractivity contribution in [2.24, 2.45) is 0 Å². The van der Waals surface area contributed by atoms with Crippen LogP contribution in [-0.4, -0.2) is 15.1 Å². The molecule has 0 aliphatic carbocycles. The average Bonchev–Trinajstić information content (AvgIpc) is 2.25. The third kappa shape index (κ3) is 2.53. The molecular weight excluding hydrogens is 375 g/mol. The number of rotatable bonds is 1. The van der Waals surface area contributed by atoms with Crippen molar-refractivity contribution in [2.75, 3.05) is 0 Å². The third-order valence-electron chi connectivity index (χ3n) is 2.03. The number of aromatic nitrogens is 2. The summed E-state index contributed by atoms with van der Waals surface area (Å²) in [5.41, 5.74) is 0.0706. The summed E-state index contributed by atoms with van der Waals surface area (Å²) in [5.74, 6) is -0.157. The Bertz CT molecular complexity index is 643. The van der Waals surface area contributed by atoms with Crippen LogP contribution in [0.2, 0.25) is 5.02 Å². The molecule has 4 nitrogen and oxygen atoms in total. The zero-order valence-corrected chi connectivity index (χ0v) is 12.1. The van der Waals surface area contributed by atoms with E-state index in [2.05, 4.69) is 41.8 Å². The third-order valence-corrected chi connectivity index (χ3v) is 3.55. The van der Waals surface area contributed by atoms with Crippen molar-refractivity contribution >= 4 is 43.5 Å². The molecule has 0 aliphatic heterocycles. The van der Waals surface area contributed by atoms with Crippen molar-refractivity contribution < 1.29 is 5.11 Å². The quantitative estimate of drug-likeness (QED) is 0.798. The van der Waals surface area contributed by atoms with Crippen LogP contribution in [0.15, 0.2) is 31.9 Å². The number of aromatic amines is 1. The standard InChI is InChI=1S/C10H5Br2ClN2O2/c11-4-1-2-5(6(13)3-4)8-14-9(16)7(12)10(17)15-8/h1-3H,(H2,14,15,16,17). The van der Waals surface area contributed by atoms with Crippen molar-refractivity contribution in [1.29, 1.82) is 0 Å². The fourth-order valence-electron chi connectivity index (χ4n) is 1.26. The van der Waals surface area contributed by atoms with Gasteiger partial charge in [0.1, 0.15) is 10.3 Å². The number of aromatic hydroxyl groups is 1. The normalized spacial score (nSPS) is 10.5. The van der Waals surface area contributed by atoms with Gasteiger partial charge >= 0.3 is 0 Å². The molecule has 0 fully saturated rings. The summed E-state index contributed by atoms with van der Waals surface area (Å²) in [6, 6.07) is 5.13. The number of benzene rings is 1. The molecule has 0 aliphatic rings. The SMILES string of the molecule is O=c1[nH]c(-c2ccc(Br)cc2Cl)nc(O)c1Br. The summed E-state index contributed by atoms with van der Waals surface area (Å²) in [6.45, 7) is 0. The molecule has 0 amide bonds. The zero-order valence-electron chi connectivity index (χ0n) is 8.17. The molecular formula is C10H5Br2ClN2O2. The minimum absolute atomic E-state index is 0.00511. The van der Waals surface area contributed by atoms with Crippen molar-refractivity contribution in [2.45, 2.75) is 0 Å². The Morgan fingerprint density at radius 2 is 2.06 bits per heavy atom. The first-order chi connectivity index (χ1) is 7.99. The fourth-order valence-corrected chi connectivity index (χ4v) is 2.21. The smallest absolute Gasteiger partial charge is 0.269 e. The van der Waals surface area contributed by atoms with Gasteiger partial charge in [0, 0.05) is 10.0 Å². The molecule has 0 spiro atoms. The number of nitrogens with zero attached hydrogens (tertiary/aromatic N) is 1. The predicted molar refractivity (Wildman–Crippen MR) is 72.4 cm³/mol. The van der Waals surface area contributed by atoms with Gasteiger partial charge in [0.15, 0.2) is 0 Å². The van der Waals surface area contributed by atoms with Crippen LogP contribution in [0.25, 0.3) is 11.4 Å². The molecule has 0 saturated carbocycles. The maximum absolute atomic E-state index is 11.5. The highest BCUT2D eigenvalue weighted by Crippen LogP contribution is 2.29. The van der Waals surface area contributed by atoms with Gasteiger partial charge in [-0.15, -0.1) is 0 Å². The number of hydrogen-bond acceptors (Lipinski definition) is 3. The molecule has 2 rings (SSSR count). The van der Waals surface area contributed by atoms with Gasteiger partial charge in [0.2, 0.25) is 5.88 Å². The average molecular weight is 380 g/mol. The molecule has 0 bridgehead atoms. The van der Waals surface area contributed by atoms with Gasteiger partial charge in [-0.2, -0.15) is 4.98 Å². The minimum Gasteiger partial charge on any atom is -0.492 e. The predicted octanol–water partition coefficient (Wildman–Crippen LogP) is 3.32. The van der Waals surface area contributed by atoms with Crippen LogP contribution in [0.5, 0.6) is 5.88 Å². The molecule has 1 aromatic heterocycles. The Labute approximate surface area is 118 Å².